The third-order valence-corrected chi connectivity index (χ3v) is 6.37. The van der Waals surface area contributed by atoms with E-state index >= 15 is 0 Å². The average Bonchev–Trinajstić information content (AvgIpc) is 2.93. The highest BCUT2D eigenvalue weighted by Crippen LogP contribution is 2.37. The Morgan fingerprint density at radius 3 is 1.51 bits per heavy atom. The second-order valence-corrected chi connectivity index (χ2v) is 8.71. The van der Waals surface area contributed by atoms with Crippen LogP contribution in [0.25, 0.3) is 55.5 Å². The number of hydrogen-bond donors (Lipinski definition) is 0. The minimum absolute atomic E-state index is 0.772. The van der Waals surface area contributed by atoms with Gasteiger partial charge < -0.3 is 0 Å². The summed E-state index contributed by atoms with van der Waals surface area (Å²) in [5, 5.41) is 1.06. The summed E-state index contributed by atoms with van der Waals surface area (Å²) in [6.45, 7) is 1.97. The lowest BCUT2D eigenvalue weighted by atomic mass is 9.93. The minimum atomic E-state index is 0.772. The molecule has 0 amide bonds. The molecule has 1 aromatic heterocycles. The lowest BCUT2D eigenvalue weighted by Crippen LogP contribution is -1.97. The summed E-state index contributed by atoms with van der Waals surface area (Å²) in [6.07, 6.45) is 0. The normalized spacial score (nSPS) is 11.0. The van der Waals surface area contributed by atoms with Gasteiger partial charge in [0.1, 0.15) is 5.82 Å². The van der Waals surface area contributed by atoms with Gasteiger partial charge in [0.25, 0.3) is 0 Å². The molecule has 0 N–H and O–H groups in total. The van der Waals surface area contributed by atoms with Crippen LogP contribution in [0.3, 0.4) is 0 Å². The van der Waals surface area contributed by atoms with E-state index in [-0.39, 0.29) is 0 Å². The molecule has 0 saturated carbocycles. The number of rotatable bonds is 4. The van der Waals surface area contributed by atoms with E-state index in [0.29, 0.717) is 0 Å². The number of hydrogen-bond acceptors (Lipinski definition) is 2. The first-order chi connectivity index (χ1) is 17.3. The molecule has 1 heterocycles. The Balaban J connectivity index is 1.59. The van der Waals surface area contributed by atoms with Crippen molar-refractivity contribution in [1.82, 2.24) is 9.97 Å². The van der Waals surface area contributed by atoms with Crippen LogP contribution >= 0.6 is 0 Å². The van der Waals surface area contributed by atoms with Crippen LogP contribution < -0.4 is 0 Å². The molecule has 0 aliphatic rings. The first-order valence-corrected chi connectivity index (χ1v) is 11.9. The number of fused-ring (bicyclic) bond motifs is 1. The molecule has 0 atom stereocenters. The molecule has 0 fully saturated rings. The quantitative estimate of drug-likeness (QED) is 0.270. The second-order valence-electron chi connectivity index (χ2n) is 8.71. The van der Waals surface area contributed by atoms with Crippen LogP contribution in [0.2, 0.25) is 0 Å². The smallest absolute Gasteiger partial charge is 0.126 e. The van der Waals surface area contributed by atoms with Gasteiger partial charge in [0.05, 0.1) is 11.2 Å². The molecule has 6 aromatic rings. The largest absolute Gasteiger partial charge is 0.233 e. The van der Waals surface area contributed by atoms with Crippen LogP contribution in [-0.2, 0) is 0 Å². The SMILES string of the molecule is Cc1nc(-c2ccccc2)c2cc(-c3ccc(-c4ccccc4)cc3)cc(-c3ccccc3)c2n1. The molecule has 0 aliphatic carbocycles. The molecule has 2 nitrogen and oxygen atoms in total. The lowest BCUT2D eigenvalue weighted by Gasteiger charge is -2.14. The molecule has 0 aliphatic heterocycles. The molecule has 0 saturated heterocycles. The molecule has 2 heteroatoms. The Hall–Kier alpha value is -4.56. The van der Waals surface area contributed by atoms with E-state index in [1.165, 1.54) is 16.7 Å². The first kappa shape index (κ1) is 21.0. The standard InChI is InChI=1S/C33H24N2/c1-23-34-32(28-15-9-4-10-16-28)31-22-29(21-30(33(31)35-23)27-13-7-3-8-14-27)26-19-17-25(18-20-26)24-11-5-2-6-12-24/h2-22H,1H3. The van der Waals surface area contributed by atoms with Gasteiger partial charge in [0.2, 0.25) is 0 Å². The van der Waals surface area contributed by atoms with Crippen molar-refractivity contribution in [3.63, 3.8) is 0 Å². The van der Waals surface area contributed by atoms with Gasteiger partial charge in [0.15, 0.2) is 0 Å². The van der Waals surface area contributed by atoms with Crippen LogP contribution in [-0.4, -0.2) is 9.97 Å². The number of nitrogens with zero attached hydrogens (tertiary/aromatic N) is 2. The van der Waals surface area contributed by atoms with Crippen molar-refractivity contribution >= 4 is 10.9 Å². The summed E-state index contributed by atoms with van der Waals surface area (Å²) in [5.41, 5.74) is 10.1. The molecule has 0 bridgehead atoms. The third-order valence-electron chi connectivity index (χ3n) is 6.37. The highest BCUT2D eigenvalue weighted by atomic mass is 14.9. The number of aromatic nitrogens is 2. The van der Waals surface area contributed by atoms with Crippen molar-refractivity contribution in [1.29, 1.82) is 0 Å². The average molecular weight is 449 g/mol. The van der Waals surface area contributed by atoms with E-state index in [9.17, 15) is 0 Å². The first-order valence-electron chi connectivity index (χ1n) is 11.9. The van der Waals surface area contributed by atoms with Crippen LogP contribution in [0.5, 0.6) is 0 Å². The molecular weight excluding hydrogens is 424 g/mol. The predicted octanol–water partition coefficient (Wildman–Crippen LogP) is 8.61. The zero-order valence-corrected chi connectivity index (χ0v) is 19.5. The molecule has 0 spiro atoms. The second kappa shape index (κ2) is 9.00. The van der Waals surface area contributed by atoms with E-state index in [4.69, 9.17) is 9.97 Å². The van der Waals surface area contributed by atoms with Gasteiger partial charge >= 0.3 is 0 Å². The monoisotopic (exact) mass is 448 g/mol. The fraction of sp³-hybridized carbons (Fsp3) is 0.0303. The summed E-state index contributed by atoms with van der Waals surface area (Å²) < 4.78 is 0. The number of aryl methyl sites for hydroxylation is 1. The summed E-state index contributed by atoms with van der Waals surface area (Å²) in [6, 6.07) is 44.7. The Morgan fingerprint density at radius 1 is 0.429 bits per heavy atom. The van der Waals surface area contributed by atoms with Crippen molar-refractivity contribution in [3.05, 3.63) is 133 Å². The fourth-order valence-electron chi connectivity index (χ4n) is 4.65. The Morgan fingerprint density at radius 2 is 0.914 bits per heavy atom. The van der Waals surface area contributed by atoms with Crippen LogP contribution in [0, 0.1) is 6.92 Å². The molecule has 0 unspecified atom stereocenters. The minimum Gasteiger partial charge on any atom is -0.233 e. The van der Waals surface area contributed by atoms with E-state index in [1.54, 1.807) is 0 Å². The van der Waals surface area contributed by atoms with E-state index < -0.39 is 0 Å². The zero-order valence-electron chi connectivity index (χ0n) is 19.5. The fourth-order valence-corrected chi connectivity index (χ4v) is 4.65. The number of benzene rings is 5. The molecule has 0 radical (unpaired) electrons. The summed E-state index contributed by atoms with van der Waals surface area (Å²) in [5.74, 6) is 0.772. The van der Waals surface area contributed by atoms with Crippen molar-refractivity contribution in [2.24, 2.45) is 0 Å². The maximum Gasteiger partial charge on any atom is 0.126 e. The van der Waals surface area contributed by atoms with Gasteiger partial charge in [0, 0.05) is 16.5 Å². The van der Waals surface area contributed by atoms with Gasteiger partial charge in [-0.15, -0.1) is 0 Å². The van der Waals surface area contributed by atoms with Crippen molar-refractivity contribution < 1.29 is 0 Å². The lowest BCUT2D eigenvalue weighted by molar-refractivity contribution is 1.10. The van der Waals surface area contributed by atoms with Gasteiger partial charge in [-0.3, -0.25) is 0 Å². The molecule has 35 heavy (non-hydrogen) atoms. The highest BCUT2D eigenvalue weighted by molar-refractivity contribution is 6.03. The molecular formula is C33H24N2. The van der Waals surface area contributed by atoms with E-state index in [0.717, 1.165) is 44.7 Å². The maximum atomic E-state index is 4.92. The summed E-state index contributed by atoms with van der Waals surface area (Å²) in [7, 11) is 0. The van der Waals surface area contributed by atoms with Crippen molar-refractivity contribution in [2.75, 3.05) is 0 Å². The van der Waals surface area contributed by atoms with Gasteiger partial charge in [-0.25, -0.2) is 9.97 Å². The van der Waals surface area contributed by atoms with Gasteiger partial charge in [-0.2, -0.15) is 0 Å². The Labute approximate surface area is 205 Å². The van der Waals surface area contributed by atoms with E-state index in [1.807, 2.05) is 25.1 Å². The summed E-state index contributed by atoms with van der Waals surface area (Å²) in [4.78, 5) is 9.80. The summed E-state index contributed by atoms with van der Waals surface area (Å²) >= 11 is 0. The zero-order chi connectivity index (χ0) is 23.6. The van der Waals surface area contributed by atoms with Crippen LogP contribution in [0.4, 0.5) is 0 Å². The van der Waals surface area contributed by atoms with Gasteiger partial charge in [-0.1, -0.05) is 115 Å². The molecule has 6 rings (SSSR count). The maximum absolute atomic E-state index is 4.92. The van der Waals surface area contributed by atoms with Gasteiger partial charge in [-0.05, 0) is 46.9 Å². The van der Waals surface area contributed by atoms with Crippen molar-refractivity contribution in [2.45, 2.75) is 6.92 Å². The van der Waals surface area contributed by atoms with Crippen LogP contribution in [0.1, 0.15) is 5.82 Å². The third kappa shape index (κ3) is 4.11. The molecule has 5 aromatic carbocycles. The highest BCUT2D eigenvalue weighted by Gasteiger charge is 2.15. The Bertz CT molecular complexity index is 1610. The van der Waals surface area contributed by atoms with E-state index in [2.05, 4.69) is 109 Å². The topological polar surface area (TPSA) is 25.8 Å². The predicted molar refractivity (Wildman–Crippen MR) is 146 cm³/mol. The van der Waals surface area contributed by atoms with Crippen LogP contribution in [0.15, 0.2) is 127 Å². The molecule has 166 valence electrons. The Kier molecular flexibility index (Phi) is 5.40. The van der Waals surface area contributed by atoms with Crippen molar-refractivity contribution in [3.8, 4) is 44.6 Å².